The second-order valence-corrected chi connectivity index (χ2v) is 4.99. The molecule has 0 spiro atoms. The van der Waals surface area contributed by atoms with Crippen molar-refractivity contribution in [1.29, 1.82) is 0 Å². The van der Waals surface area contributed by atoms with Crippen LogP contribution in [-0.2, 0) is 14.4 Å². The SMILES string of the molecule is CCN(CCC(=O)O)C(=O)CC(NC(C)=O)c1ccccc1. The van der Waals surface area contributed by atoms with Gasteiger partial charge in [0.1, 0.15) is 0 Å². The van der Waals surface area contributed by atoms with Crippen LogP contribution in [0.25, 0.3) is 0 Å². The van der Waals surface area contributed by atoms with E-state index in [4.69, 9.17) is 5.11 Å². The van der Waals surface area contributed by atoms with Gasteiger partial charge in [-0.3, -0.25) is 14.4 Å². The van der Waals surface area contributed by atoms with Crippen LogP contribution in [0.1, 0.15) is 38.3 Å². The quantitative estimate of drug-likeness (QED) is 0.763. The van der Waals surface area contributed by atoms with Crippen molar-refractivity contribution >= 4 is 17.8 Å². The molecule has 1 rings (SSSR count). The third-order valence-electron chi connectivity index (χ3n) is 3.29. The van der Waals surface area contributed by atoms with Gasteiger partial charge in [0.15, 0.2) is 0 Å². The van der Waals surface area contributed by atoms with Crippen molar-refractivity contribution in [3.05, 3.63) is 35.9 Å². The summed E-state index contributed by atoms with van der Waals surface area (Å²) in [6.45, 7) is 3.82. The molecule has 0 aromatic heterocycles. The summed E-state index contributed by atoms with van der Waals surface area (Å²) in [4.78, 5) is 35.8. The van der Waals surface area contributed by atoms with E-state index in [0.29, 0.717) is 6.54 Å². The van der Waals surface area contributed by atoms with Gasteiger partial charge in [-0.05, 0) is 12.5 Å². The Morgan fingerprint density at radius 1 is 1.23 bits per heavy atom. The first-order valence-electron chi connectivity index (χ1n) is 7.25. The van der Waals surface area contributed by atoms with E-state index >= 15 is 0 Å². The Morgan fingerprint density at radius 2 is 1.86 bits per heavy atom. The van der Waals surface area contributed by atoms with E-state index in [-0.39, 0.29) is 31.2 Å². The highest BCUT2D eigenvalue weighted by atomic mass is 16.4. The maximum atomic E-state index is 12.3. The molecule has 0 aliphatic heterocycles. The molecule has 2 amide bonds. The summed E-state index contributed by atoms with van der Waals surface area (Å²) in [5, 5.41) is 11.5. The molecule has 6 nitrogen and oxygen atoms in total. The number of nitrogens with one attached hydrogen (secondary N) is 1. The minimum absolute atomic E-state index is 0.0876. The molecule has 0 aliphatic carbocycles. The molecule has 1 aromatic rings. The fourth-order valence-corrected chi connectivity index (χ4v) is 2.18. The molecule has 0 saturated carbocycles. The van der Waals surface area contributed by atoms with Crippen LogP contribution >= 0.6 is 0 Å². The lowest BCUT2D eigenvalue weighted by molar-refractivity contribution is -0.138. The fourth-order valence-electron chi connectivity index (χ4n) is 2.18. The predicted octanol–water partition coefficient (Wildman–Crippen LogP) is 1.58. The van der Waals surface area contributed by atoms with Crippen molar-refractivity contribution < 1.29 is 19.5 Å². The molecular formula is C16H22N2O4. The van der Waals surface area contributed by atoms with Crippen molar-refractivity contribution in [3.63, 3.8) is 0 Å². The Labute approximate surface area is 130 Å². The van der Waals surface area contributed by atoms with E-state index < -0.39 is 12.0 Å². The number of carboxylic acid groups (broad SMARTS) is 1. The summed E-state index contributed by atoms with van der Waals surface area (Å²) in [7, 11) is 0. The first kappa shape index (κ1) is 17.7. The molecule has 2 N–H and O–H groups in total. The normalized spacial score (nSPS) is 11.5. The average Bonchev–Trinajstić information content (AvgIpc) is 2.47. The van der Waals surface area contributed by atoms with Gasteiger partial charge in [0.05, 0.1) is 18.9 Å². The molecular weight excluding hydrogens is 284 g/mol. The van der Waals surface area contributed by atoms with E-state index in [1.165, 1.54) is 11.8 Å². The zero-order valence-electron chi connectivity index (χ0n) is 12.9. The van der Waals surface area contributed by atoms with Gasteiger partial charge in [-0.15, -0.1) is 0 Å². The number of benzene rings is 1. The monoisotopic (exact) mass is 306 g/mol. The van der Waals surface area contributed by atoms with E-state index in [1.807, 2.05) is 30.3 Å². The number of aliphatic carboxylic acids is 1. The predicted molar refractivity (Wildman–Crippen MR) is 82.1 cm³/mol. The van der Waals surface area contributed by atoms with Crippen molar-refractivity contribution in [2.75, 3.05) is 13.1 Å². The highest BCUT2D eigenvalue weighted by Crippen LogP contribution is 2.18. The number of nitrogens with zero attached hydrogens (tertiary/aromatic N) is 1. The minimum atomic E-state index is -0.937. The lowest BCUT2D eigenvalue weighted by Crippen LogP contribution is -2.37. The van der Waals surface area contributed by atoms with Gasteiger partial charge in [0.25, 0.3) is 0 Å². The van der Waals surface area contributed by atoms with Gasteiger partial charge in [-0.2, -0.15) is 0 Å². The van der Waals surface area contributed by atoms with Gasteiger partial charge in [-0.25, -0.2) is 0 Å². The number of carbonyl (C=O) groups excluding carboxylic acids is 2. The average molecular weight is 306 g/mol. The molecule has 0 radical (unpaired) electrons. The van der Waals surface area contributed by atoms with E-state index in [0.717, 1.165) is 5.56 Å². The second-order valence-electron chi connectivity index (χ2n) is 4.99. The number of rotatable bonds is 8. The largest absolute Gasteiger partial charge is 0.481 e. The summed E-state index contributed by atoms with van der Waals surface area (Å²) in [5.74, 6) is -1.32. The van der Waals surface area contributed by atoms with Crippen LogP contribution in [-0.4, -0.2) is 40.9 Å². The molecule has 1 atom stereocenters. The molecule has 0 heterocycles. The van der Waals surface area contributed by atoms with E-state index in [2.05, 4.69) is 5.32 Å². The van der Waals surface area contributed by atoms with Gasteiger partial charge >= 0.3 is 5.97 Å². The molecule has 0 aliphatic rings. The highest BCUT2D eigenvalue weighted by Gasteiger charge is 2.20. The van der Waals surface area contributed by atoms with Crippen LogP contribution < -0.4 is 5.32 Å². The maximum Gasteiger partial charge on any atom is 0.305 e. The zero-order valence-corrected chi connectivity index (χ0v) is 12.9. The number of carboxylic acids is 1. The van der Waals surface area contributed by atoms with Crippen LogP contribution in [0.15, 0.2) is 30.3 Å². The van der Waals surface area contributed by atoms with E-state index in [9.17, 15) is 14.4 Å². The standard InChI is InChI=1S/C16H22N2O4/c1-3-18(10-9-16(21)22)15(20)11-14(17-12(2)19)13-7-5-4-6-8-13/h4-8,14H,3,9-11H2,1-2H3,(H,17,19)(H,21,22). The molecule has 22 heavy (non-hydrogen) atoms. The van der Waals surface area contributed by atoms with E-state index in [1.54, 1.807) is 6.92 Å². The van der Waals surface area contributed by atoms with Crippen molar-refractivity contribution in [1.82, 2.24) is 10.2 Å². The summed E-state index contributed by atoms with van der Waals surface area (Å²) in [6, 6.07) is 8.84. The summed E-state index contributed by atoms with van der Waals surface area (Å²) in [6.07, 6.45) is 0.0206. The highest BCUT2D eigenvalue weighted by molar-refractivity contribution is 5.79. The molecule has 1 unspecified atom stereocenters. The van der Waals surface area contributed by atoms with Crippen molar-refractivity contribution in [2.24, 2.45) is 0 Å². The van der Waals surface area contributed by atoms with Gasteiger partial charge in [0, 0.05) is 20.0 Å². The number of hydrogen-bond acceptors (Lipinski definition) is 3. The topological polar surface area (TPSA) is 86.7 Å². The molecule has 6 heteroatoms. The van der Waals surface area contributed by atoms with Crippen molar-refractivity contribution in [3.8, 4) is 0 Å². The van der Waals surface area contributed by atoms with Gasteiger partial charge in [0.2, 0.25) is 11.8 Å². The molecule has 1 aromatic carbocycles. The van der Waals surface area contributed by atoms with Crippen LogP contribution in [0.3, 0.4) is 0 Å². The Bertz CT molecular complexity index is 516. The summed E-state index contributed by atoms with van der Waals surface area (Å²) in [5.41, 5.74) is 0.848. The smallest absolute Gasteiger partial charge is 0.305 e. The second kappa shape index (κ2) is 8.81. The first-order chi connectivity index (χ1) is 10.4. The Kier molecular flexibility index (Phi) is 7.08. The molecule has 0 fully saturated rings. The van der Waals surface area contributed by atoms with Gasteiger partial charge in [-0.1, -0.05) is 30.3 Å². The summed E-state index contributed by atoms with van der Waals surface area (Å²) < 4.78 is 0. The molecule has 120 valence electrons. The van der Waals surface area contributed by atoms with Crippen LogP contribution in [0.4, 0.5) is 0 Å². The number of hydrogen-bond donors (Lipinski definition) is 2. The third kappa shape index (κ3) is 5.95. The minimum Gasteiger partial charge on any atom is -0.481 e. The third-order valence-corrected chi connectivity index (χ3v) is 3.29. The number of amides is 2. The molecule has 0 saturated heterocycles. The molecule has 0 bridgehead atoms. The Balaban J connectivity index is 2.77. The first-order valence-corrected chi connectivity index (χ1v) is 7.25. The lowest BCUT2D eigenvalue weighted by Gasteiger charge is -2.24. The van der Waals surface area contributed by atoms with Crippen LogP contribution in [0.2, 0.25) is 0 Å². The Morgan fingerprint density at radius 3 is 2.36 bits per heavy atom. The van der Waals surface area contributed by atoms with Crippen molar-refractivity contribution in [2.45, 2.75) is 32.7 Å². The van der Waals surface area contributed by atoms with Crippen LogP contribution in [0.5, 0.6) is 0 Å². The zero-order chi connectivity index (χ0) is 16.5. The van der Waals surface area contributed by atoms with Gasteiger partial charge < -0.3 is 15.3 Å². The van der Waals surface area contributed by atoms with Crippen LogP contribution in [0, 0.1) is 0 Å². The lowest BCUT2D eigenvalue weighted by atomic mass is 10.0. The Hall–Kier alpha value is -2.37. The maximum absolute atomic E-state index is 12.3. The summed E-state index contributed by atoms with van der Waals surface area (Å²) >= 11 is 0. The fraction of sp³-hybridized carbons (Fsp3) is 0.438. The number of carbonyl (C=O) groups is 3.